The van der Waals surface area contributed by atoms with Crippen LogP contribution in [-0.4, -0.2) is 18.6 Å². The van der Waals surface area contributed by atoms with Gasteiger partial charge in [-0.3, -0.25) is 4.79 Å². The van der Waals surface area contributed by atoms with Crippen molar-refractivity contribution in [3.63, 3.8) is 0 Å². The van der Waals surface area contributed by atoms with Gasteiger partial charge in [-0.25, -0.2) is 0 Å². The summed E-state index contributed by atoms with van der Waals surface area (Å²) in [5.41, 5.74) is 0.662. The van der Waals surface area contributed by atoms with Crippen LogP contribution in [0.5, 0.6) is 0 Å². The topological polar surface area (TPSA) is 38.3 Å². The minimum atomic E-state index is -0.0370. The van der Waals surface area contributed by atoms with Crippen molar-refractivity contribution in [3.8, 4) is 0 Å². The molecule has 1 aliphatic heterocycles. The highest BCUT2D eigenvalue weighted by molar-refractivity contribution is 6.33. The van der Waals surface area contributed by atoms with Crippen LogP contribution < -0.4 is 5.32 Å². The second-order valence-electron chi connectivity index (χ2n) is 4.22. The molecule has 0 aliphatic carbocycles. The Kier molecular flexibility index (Phi) is 4.40. The Labute approximate surface area is 106 Å². The Balaban J connectivity index is 1.86. The average Bonchev–Trinajstić information content (AvgIpc) is 2.33. The molecule has 1 saturated heterocycles. The van der Waals surface area contributed by atoms with Gasteiger partial charge in [0.05, 0.1) is 23.2 Å². The largest absolute Gasteiger partial charge is 0.378 e. The van der Waals surface area contributed by atoms with Gasteiger partial charge >= 0.3 is 0 Å². The lowest BCUT2D eigenvalue weighted by Gasteiger charge is -2.22. The van der Waals surface area contributed by atoms with Crippen molar-refractivity contribution in [1.82, 2.24) is 0 Å². The zero-order valence-electron chi connectivity index (χ0n) is 9.62. The Morgan fingerprint density at radius 2 is 2.24 bits per heavy atom. The van der Waals surface area contributed by atoms with Gasteiger partial charge in [0.2, 0.25) is 5.91 Å². The standard InChI is InChI=1S/C13H16ClNO2/c14-11-6-1-2-7-12(11)15-13(16)9-10-5-3-4-8-17-10/h1-2,6-7,10H,3-5,8-9H2,(H,15,16). The number of ether oxygens (including phenoxy) is 1. The van der Waals surface area contributed by atoms with Crippen LogP contribution >= 0.6 is 11.6 Å². The lowest BCUT2D eigenvalue weighted by atomic mass is 10.1. The summed E-state index contributed by atoms with van der Waals surface area (Å²) in [7, 11) is 0. The first-order valence-electron chi connectivity index (χ1n) is 5.91. The number of anilines is 1. The van der Waals surface area contributed by atoms with E-state index in [9.17, 15) is 4.79 Å². The van der Waals surface area contributed by atoms with Gasteiger partial charge in [-0.1, -0.05) is 23.7 Å². The fourth-order valence-corrected chi connectivity index (χ4v) is 2.12. The highest BCUT2D eigenvalue weighted by Gasteiger charge is 2.17. The van der Waals surface area contributed by atoms with Crippen LogP contribution in [0.25, 0.3) is 0 Å². The van der Waals surface area contributed by atoms with Crippen molar-refractivity contribution in [1.29, 1.82) is 0 Å². The minimum Gasteiger partial charge on any atom is -0.378 e. The fourth-order valence-electron chi connectivity index (χ4n) is 1.94. The number of carbonyl (C=O) groups is 1. The van der Waals surface area contributed by atoms with E-state index in [0.717, 1.165) is 25.9 Å². The van der Waals surface area contributed by atoms with E-state index in [4.69, 9.17) is 16.3 Å². The molecular formula is C13H16ClNO2. The van der Waals surface area contributed by atoms with Crippen LogP contribution in [0.1, 0.15) is 25.7 Å². The third-order valence-corrected chi connectivity index (χ3v) is 3.16. The summed E-state index contributed by atoms with van der Waals surface area (Å²) in [4.78, 5) is 11.8. The number of halogens is 1. The summed E-state index contributed by atoms with van der Waals surface area (Å²) in [5.74, 6) is -0.0370. The van der Waals surface area contributed by atoms with Gasteiger partial charge in [-0.2, -0.15) is 0 Å². The van der Waals surface area contributed by atoms with Crippen molar-refractivity contribution in [2.24, 2.45) is 0 Å². The van der Waals surface area contributed by atoms with Gasteiger partial charge in [-0.05, 0) is 31.4 Å². The summed E-state index contributed by atoms with van der Waals surface area (Å²) in [6, 6.07) is 7.23. The van der Waals surface area contributed by atoms with Crippen LogP contribution in [0.15, 0.2) is 24.3 Å². The zero-order valence-corrected chi connectivity index (χ0v) is 10.4. The average molecular weight is 254 g/mol. The Hall–Kier alpha value is -1.06. The van der Waals surface area contributed by atoms with Crippen molar-refractivity contribution >= 4 is 23.2 Å². The minimum absolute atomic E-state index is 0.0370. The van der Waals surface area contributed by atoms with Crippen molar-refractivity contribution in [2.75, 3.05) is 11.9 Å². The van der Waals surface area contributed by atoms with Crippen molar-refractivity contribution in [3.05, 3.63) is 29.3 Å². The van der Waals surface area contributed by atoms with E-state index < -0.39 is 0 Å². The van der Waals surface area contributed by atoms with Gasteiger partial charge in [0.25, 0.3) is 0 Å². The smallest absolute Gasteiger partial charge is 0.227 e. The quantitative estimate of drug-likeness (QED) is 0.898. The molecule has 1 unspecified atom stereocenters. The highest BCUT2D eigenvalue weighted by Crippen LogP contribution is 2.21. The van der Waals surface area contributed by atoms with Crippen LogP contribution in [0.4, 0.5) is 5.69 Å². The van der Waals surface area contributed by atoms with Gasteiger partial charge in [0, 0.05) is 6.61 Å². The Morgan fingerprint density at radius 1 is 1.41 bits per heavy atom. The molecular weight excluding hydrogens is 238 g/mol. The molecule has 0 aromatic heterocycles. The molecule has 0 radical (unpaired) electrons. The first-order valence-corrected chi connectivity index (χ1v) is 6.29. The number of para-hydroxylation sites is 1. The molecule has 92 valence electrons. The van der Waals surface area contributed by atoms with Crippen molar-refractivity contribution in [2.45, 2.75) is 31.8 Å². The summed E-state index contributed by atoms with van der Waals surface area (Å²) >= 11 is 5.97. The fraction of sp³-hybridized carbons (Fsp3) is 0.462. The summed E-state index contributed by atoms with van der Waals surface area (Å²) in [5, 5.41) is 3.37. The zero-order chi connectivity index (χ0) is 12.1. The van der Waals surface area contributed by atoms with E-state index in [1.165, 1.54) is 0 Å². The molecule has 4 heteroatoms. The lowest BCUT2D eigenvalue weighted by Crippen LogP contribution is -2.25. The number of carbonyl (C=O) groups excluding carboxylic acids is 1. The Morgan fingerprint density at radius 3 is 2.94 bits per heavy atom. The number of hydrogen-bond acceptors (Lipinski definition) is 2. The molecule has 1 N–H and O–H groups in total. The molecule has 0 spiro atoms. The molecule has 1 amide bonds. The highest BCUT2D eigenvalue weighted by atomic mass is 35.5. The first-order chi connectivity index (χ1) is 8.25. The molecule has 1 fully saturated rings. The Bertz CT molecular complexity index is 389. The molecule has 1 heterocycles. The molecule has 17 heavy (non-hydrogen) atoms. The first kappa shape index (κ1) is 12.4. The van der Waals surface area contributed by atoms with Gasteiger partial charge in [0.1, 0.15) is 0 Å². The van der Waals surface area contributed by atoms with Crippen LogP contribution in [0, 0.1) is 0 Å². The monoisotopic (exact) mass is 253 g/mol. The maximum Gasteiger partial charge on any atom is 0.227 e. The van der Waals surface area contributed by atoms with Crippen LogP contribution in [0.3, 0.4) is 0 Å². The van der Waals surface area contributed by atoms with E-state index in [2.05, 4.69) is 5.32 Å². The third-order valence-electron chi connectivity index (χ3n) is 2.84. The third kappa shape index (κ3) is 3.72. The van der Waals surface area contributed by atoms with Crippen LogP contribution in [-0.2, 0) is 9.53 Å². The molecule has 0 bridgehead atoms. The maximum absolute atomic E-state index is 11.8. The number of rotatable bonds is 3. The molecule has 1 aromatic rings. The van der Waals surface area contributed by atoms with Gasteiger partial charge in [0.15, 0.2) is 0 Å². The molecule has 1 aromatic carbocycles. The molecule has 3 nitrogen and oxygen atoms in total. The molecule has 2 rings (SSSR count). The predicted molar refractivity (Wildman–Crippen MR) is 68.3 cm³/mol. The van der Waals surface area contributed by atoms with Crippen molar-refractivity contribution < 1.29 is 9.53 Å². The summed E-state index contributed by atoms with van der Waals surface area (Å²) in [6.07, 6.45) is 3.68. The molecule has 1 aliphatic rings. The van der Waals surface area contributed by atoms with E-state index in [1.54, 1.807) is 12.1 Å². The predicted octanol–water partition coefficient (Wildman–Crippen LogP) is 3.24. The second kappa shape index (κ2) is 6.03. The summed E-state index contributed by atoms with van der Waals surface area (Å²) in [6.45, 7) is 0.768. The number of benzene rings is 1. The number of nitrogens with one attached hydrogen (secondary N) is 1. The lowest BCUT2D eigenvalue weighted by molar-refractivity contribution is -0.119. The van der Waals surface area contributed by atoms with Gasteiger partial charge in [-0.15, -0.1) is 0 Å². The SMILES string of the molecule is O=C(CC1CCCCO1)Nc1ccccc1Cl. The maximum atomic E-state index is 11.8. The second-order valence-corrected chi connectivity index (χ2v) is 4.63. The molecule has 0 saturated carbocycles. The van der Waals surface area contributed by atoms with E-state index in [0.29, 0.717) is 17.1 Å². The number of hydrogen-bond donors (Lipinski definition) is 1. The van der Waals surface area contributed by atoms with E-state index >= 15 is 0 Å². The summed E-state index contributed by atoms with van der Waals surface area (Å²) < 4.78 is 5.52. The van der Waals surface area contributed by atoms with Gasteiger partial charge < -0.3 is 10.1 Å². The normalized spacial score (nSPS) is 19.9. The number of amides is 1. The van der Waals surface area contributed by atoms with Crippen LogP contribution in [0.2, 0.25) is 5.02 Å². The molecule has 1 atom stereocenters. The van der Waals surface area contributed by atoms with E-state index in [1.807, 2.05) is 12.1 Å². The van der Waals surface area contributed by atoms with E-state index in [-0.39, 0.29) is 12.0 Å².